The maximum atomic E-state index is 12.2. The van der Waals surface area contributed by atoms with Crippen LogP contribution in [-0.4, -0.2) is 49.4 Å². The molecule has 0 bridgehead atoms. The quantitative estimate of drug-likeness (QED) is 0.697. The van der Waals surface area contributed by atoms with Crippen LogP contribution in [0.4, 0.5) is 4.79 Å². The average molecular weight is 431 g/mol. The Kier molecular flexibility index (Phi) is 4.07. The van der Waals surface area contributed by atoms with E-state index in [9.17, 15) is 9.59 Å². The van der Waals surface area contributed by atoms with E-state index in [-0.39, 0.29) is 17.7 Å². The molecule has 1 aliphatic rings. The molecule has 0 saturated carbocycles. The molecule has 0 aliphatic carbocycles. The Bertz CT molecular complexity index is 807. The number of ether oxygens (including phenoxy) is 1. The molecule has 23 heavy (non-hydrogen) atoms. The molecule has 1 aliphatic heterocycles. The van der Waals surface area contributed by atoms with Crippen LogP contribution in [0.1, 0.15) is 33.2 Å². The molecule has 124 valence electrons. The minimum absolute atomic E-state index is 0.0566. The first kappa shape index (κ1) is 16.2. The summed E-state index contributed by atoms with van der Waals surface area (Å²) in [6, 6.07) is -0.0566. The summed E-state index contributed by atoms with van der Waals surface area (Å²) in [5, 5.41) is 4.44. The number of aromatic amines is 1. The van der Waals surface area contributed by atoms with Crippen molar-refractivity contribution < 1.29 is 9.53 Å². The van der Waals surface area contributed by atoms with Crippen LogP contribution in [0, 0.1) is 3.70 Å². The standard InChI is InChI=1S/C14H18IN5O3/c1-14(2,3)23-13(22)19-5-4-8(6-19)20-10-9(11(15)18-20)16-7-17-12(10)21/h7-8H,4-6H2,1-3H3,(H,16,17,21). The summed E-state index contributed by atoms with van der Waals surface area (Å²) in [7, 11) is 0. The van der Waals surface area contributed by atoms with Gasteiger partial charge in [-0.15, -0.1) is 0 Å². The van der Waals surface area contributed by atoms with Crippen molar-refractivity contribution in [3.05, 3.63) is 20.4 Å². The summed E-state index contributed by atoms with van der Waals surface area (Å²) >= 11 is 2.07. The Morgan fingerprint density at radius 2 is 2.22 bits per heavy atom. The lowest BCUT2D eigenvalue weighted by Gasteiger charge is -2.24. The van der Waals surface area contributed by atoms with Crippen LogP contribution in [-0.2, 0) is 4.74 Å². The van der Waals surface area contributed by atoms with Crippen LogP contribution in [0.5, 0.6) is 0 Å². The van der Waals surface area contributed by atoms with Gasteiger partial charge >= 0.3 is 6.09 Å². The molecule has 0 spiro atoms. The van der Waals surface area contributed by atoms with Gasteiger partial charge in [0.2, 0.25) is 0 Å². The Morgan fingerprint density at radius 1 is 1.48 bits per heavy atom. The number of nitrogens with one attached hydrogen (secondary N) is 1. The molecular weight excluding hydrogens is 413 g/mol. The summed E-state index contributed by atoms with van der Waals surface area (Å²) in [4.78, 5) is 32.7. The molecule has 1 N–H and O–H groups in total. The first-order valence-corrected chi connectivity index (χ1v) is 8.43. The number of likely N-dealkylation sites (tertiary alicyclic amines) is 1. The van der Waals surface area contributed by atoms with Crippen LogP contribution in [0.2, 0.25) is 0 Å². The van der Waals surface area contributed by atoms with Gasteiger partial charge in [-0.1, -0.05) is 0 Å². The van der Waals surface area contributed by atoms with Crippen molar-refractivity contribution in [2.24, 2.45) is 0 Å². The second kappa shape index (κ2) is 5.77. The fraction of sp³-hybridized carbons (Fsp3) is 0.571. The third-order valence-electron chi connectivity index (χ3n) is 3.61. The summed E-state index contributed by atoms with van der Waals surface area (Å²) in [6.45, 7) is 6.57. The first-order valence-electron chi connectivity index (χ1n) is 7.35. The van der Waals surface area contributed by atoms with Crippen molar-refractivity contribution in [2.75, 3.05) is 13.1 Å². The average Bonchev–Trinajstić information content (AvgIpc) is 3.03. The maximum Gasteiger partial charge on any atom is 0.410 e. The fourth-order valence-corrected chi connectivity index (χ4v) is 3.27. The zero-order valence-corrected chi connectivity index (χ0v) is 15.3. The second-order valence-electron chi connectivity index (χ2n) is 6.53. The minimum atomic E-state index is -0.524. The van der Waals surface area contributed by atoms with E-state index in [4.69, 9.17) is 4.74 Å². The minimum Gasteiger partial charge on any atom is -0.444 e. The monoisotopic (exact) mass is 431 g/mol. The van der Waals surface area contributed by atoms with Crippen LogP contribution in [0.25, 0.3) is 11.0 Å². The van der Waals surface area contributed by atoms with Gasteiger partial charge in [0.25, 0.3) is 5.56 Å². The van der Waals surface area contributed by atoms with Gasteiger partial charge in [-0.2, -0.15) is 5.10 Å². The molecular formula is C14H18IN5O3. The summed E-state index contributed by atoms with van der Waals surface area (Å²) in [5.74, 6) is 0. The lowest BCUT2D eigenvalue weighted by molar-refractivity contribution is 0.0288. The van der Waals surface area contributed by atoms with E-state index in [1.165, 1.54) is 6.33 Å². The van der Waals surface area contributed by atoms with Gasteiger partial charge in [0.1, 0.15) is 14.8 Å². The summed E-state index contributed by atoms with van der Waals surface area (Å²) in [6.07, 6.45) is 1.76. The molecule has 8 nitrogen and oxygen atoms in total. The Morgan fingerprint density at radius 3 is 2.91 bits per heavy atom. The highest BCUT2D eigenvalue weighted by molar-refractivity contribution is 14.1. The molecule has 3 heterocycles. The number of carbonyl (C=O) groups is 1. The molecule has 2 aromatic heterocycles. The highest BCUT2D eigenvalue weighted by Gasteiger charge is 2.32. The van der Waals surface area contributed by atoms with E-state index < -0.39 is 5.60 Å². The molecule has 1 amide bonds. The number of rotatable bonds is 1. The smallest absolute Gasteiger partial charge is 0.410 e. The SMILES string of the molecule is CC(C)(C)OC(=O)N1CCC(n2nc(I)c3nc[nH]c(=O)c32)C1. The number of amides is 1. The number of halogens is 1. The van der Waals surface area contributed by atoms with Gasteiger partial charge in [0.15, 0.2) is 5.52 Å². The molecule has 1 unspecified atom stereocenters. The van der Waals surface area contributed by atoms with Crippen LogP contribution >= 0.6 is 22.6 Å². The van der Waals surface area contributed by atoms with Gasteiger partial charge in [0, 0.05) is 13.1 Å². The largest absolute Gasteiger partial charge is 0.444 e. The van der Waals surface area contributed by atoms with Crippen LogP contribution < -0.4 is 5.56 Å². The zero-order valence-electron chi connectivity index (χ0n) is 13.2. The fourth-order valence-electron chi connectivity index (χ4n) is 2.65. The highest BCUT2D eigenvalue weighted by atomic mass is 127. The van der Waals surface area contributed by atoms with Gasteiger partial charge in [-0.3, -0.25) is 9.48 Å². The predicted octanol–water partition coefficient (Wildman–Crippen LogP) is 1.91. The second-order valence-corrected chi connectivity index (χ2v) is 7.55. The Hall–Kier alpha value is -1.65. The van der Waals surface area contributed by atoms with Crippen molar-refractivity contribution in [1.29, 1.82) is 0 Å². The topological polar surface area (TPSA) is 93.1 Å². The number of fused-ring (bicyclic) bond motifs is 1. The Labute approximate surface area is 146 Å². The van der Waals surface area contributed by atoms with Gasteiger partial charge in [-0.05, 0) is 49.8 Å². The molecule has 1 fully saturated rings. The van der Waals surface area contributed by atoms with Crippen molar-refractivity contribution >= 4 is 39.7 Å². The van der Waals surface area contributed by atoms with Crippen LogP contribution in [0.15, 0.2) is 11.1 Å². The van der Waals surface area contributed by atoms with Gasteiger partial charge in [0.05, 0.1) is 12.4 Å². The van der Waals surface area contributed by atoms with Crippen molar-refractivity contribution in [3.8, 4) is 0 Å². The third kappa shape index (κ3) is 3.19. The summed E-state index contributed by atoms with van der Waals surface area (Å²) in [5.41, 5.74) is 0.295. The number of hydrogen-bond donors (Lipinski definition) is 1. The summed E-state index contributed by atoms with van der Waals surface area (Å²) < 4.78 is 7.77. The molecule has 9 heteroatoms. The molecule has 1 atom stereocenters. The molecule has 0 aromatic carbocycles. The van der Waals surface area contributed by atoms with E-state index in [0.717, 1.165) is 6.42 Å². The normalized spacial score (nSPS) is 18.6. The number of aromatic nitrogens is 4. The first-order chi connectivity index (χ1) is 10.8. The molecule has 0 radical (unpaired) electrons. The Balaban J connectivity index is 1.85. The van der Waals surface area contributed by atoms with Crippen molar-refractivity contribution in [2.45, 2.75) is 38.8 Å². The van der Waals surface area contributed by atoms with Gasteiger partial charge in [-0.25, -0.2) is 9.78 Å². The van der Waals surface area contributed by atoms with Gasteiger partial charge < -0.3 is 14.6 Å². The van der Waals surface area contributed by atoms with E-state index in [0.29, 0.717) is 27.8 Å². The lowest BCUT2D eigenvalue weighted by Crippen LogP contribution is -2.35. The van der Waals surface area contributed by atoms with E-state index in [1.54, 1.807) is 9.58 Å². The zero-order chi connectivity index (χ0) is 16.8. The number of H-pyrrole nitrogens is 1. The van der Waals surface area contributed by atoms with E-state index in [1.807, 2.05) is 20.8 Å². The van der Waals surface area contributed by atoms with E-state index in [2.05, 4.69) is 37.7 Å². The van der Waals surface area contributed by atoms with Crippen molar-refractivity contribution in [3.63, 3.8) is 0 Å². The molecule has 3 rings (SSSR count). The number of carbonyl (C=O) groups excluding carboxylic acids is 1. The molecule has 2 aromatic rings. The predicted molar refractivity (Wildman–Crippen MR) is 92.3 cm³/mol. The van der Waals surface area contributed by atoms with E-state index >= 15 is 0 Å². The lowest BCUT2D eigenvalue weighted by atomic mass is 10.2. The number of hydrogen-bond acceptors (Lipinski definition) is 5. The molecule has 1 saturated heterocycles. The highest BCUT2D eigenvalue weighted by Crippen LogP contribution is 2.26. The maximum absolute atomic E-state index is 12.2. The third-order valence-corrected chi connectivity index (χ3v) is 4.34. The van der Waals surface area contributed by atoms with Crippen LogP contribution in [0.3, 0.4) is 0 Å². The number of nitrogens with zero attached hydrogens (tertiary/aromatic N) is 4. The van der Waals surface area contributed by atoms with Crippen molar-refractivity contribution in [1.82, 2.24) is 24.6 Å².